The zero-order chi connectivity index (χ0) is 10.8. The largest absolute Gasteiger partial charge is 0.444 e. The first-order valence-electron chi connectivity index (χ1n) is 4.91. The lowest BCUT2D eigenvalue weighted by Crippen LogP contribution is -2.41. The van der Waals surface area contributed by atoms with Crippen molar-refractivity contribution in [2.45, 2.75) is 51.7 Å². The van der Waals surface area contributed by atoms with E-state index in [4.69, 9.17) is 4.74 Å². The standard InChI is InChI=1S/C10H17NO3/c1-10(2,3)14-9(13)11-7-5-4-6-8(7)12/h7H,4-6H2,1-3H3,(H,11,13)/t7-/m1/s1. The Bertz CT molecular complexity index is 242. The average molecular weight is 199 g/mol. The molecule has 1 aliphatic carbocycles. The van der Waals surface area contributed by atoms with Crippen LogP contribution < -0.4 is 5.32 Å². The summed E-state index contributed by atoms with van der Waals surface area (Å²) >= 11 is 0. The molecular formula is C10H17NO3. The molecule has 14 heavy (non-hydrogen) atoms. The molecule has 0 aromatic carbocycles. The lowest BCUT2D eigenvalue weighted by molar-refractivity contribution is -0.119. The molecule has 0 saturated heterocycles. The van der Waals surface area contributed by atoms with Crippen molar-refractivity contribution < 1.29 is 14.3 Å². The molecule has 0 heterocycles. The number of ketones is 1. The second-order valence-corrected chi connectivity index (χ2v) is 4.56. The van der Waals surface area contributed by atoms with E-state index in [2.05, 4.69) is 5.32 Å². The predicted molar refractivity (Wildman–Crippen MR) is 52.0 cm³/mol. The molecule has 1 rings (SSSR count). The topological polar surface area (TPSA) is 55.4 Å². The summed E-state index contributed by atoms with van der Waals surface area (Å²) in [6.45, 7) is 5.38. The smallest absolute Gasteiger partial charge is 0.408 e. The van der Waals surface area contributed by atoms with E-state index in [9.17, 15) is 9.59 Å². The van der Waals surface area contributed by atoms with Gasteiger partial charge in [0.25, 0.3) is 0 Å². The van der Waals surface area contributed by atoms with Crippen LogP contribution in [0.1, 0.15) is 40.0 Å². The molecule has 0 unspecified atom stereocenters. The molecule has 0 aliphatic heterocycles. The lowest BCUT2D eigenvalue weighted by Gasteiger charge is -2.21. The van der Waals surface area contributed by atoms with E-state index in [-0.39, 0.29) is 11.8 Å². The highest BCUT2D eigenvalue weighted by atomic mass is 16.6. The van der Waals surface area contributed by atoms with Crippen molar-refractivity contribution in [3.05, 3.63) is 0 Å². The third kappa shape index (κ3) is 3.36. The van der Waals surface area contributed by atoms with Gasteiger partial charge in [0.1, 0.15) is 5.60 Å². The van der Waals surface area contributed by atoms with Crippen molar-refractivity contribution in [1.29, 1.82) is 0 Å². The Morgan fingerprint density at radius 1 is 1.50 bits per heavy atom. The van der Waals surface area contributed by atoms with Gasteiger partial charge in [-0.3, -0.25) is 4.79 Å². The number of hydrogen-bond acceptors (Lipinski definition) is 3. The molecule has 80 valence electrons. The number of carbonyl (C=O) groups is 2. The maximum Gasteiger partial charge on any atom is 0.408 e. The minimum atomic E-state index is -0.508. The average Bonchev–Trinajstić information content (AvgIpc) is 2.32. The van der Waals surface area contributed by atoms with Crippen LogP contribution in [0.4, 0.5) is 4.79 Å². The van der Waals surface area contributed by atoms with E-state index in [0.717, 1.165) is 12.8 Å². The van der Waals surface area contributed by atoms with Crippen LogP contribution in [-0.4, -0.2) is 23.5 Å². The number of amides is 1. The molecule has 0 aromatic rings. The van der Waals surface area contributed by atoms with E-state index in [1.807, 2.05) is 0 Å². The van der Waals surface area contributed by atoms with Gasteiger partial charge in [-0.25, -0.2) is 4.79 Å². The highest BCUT2D eigenvalue weighted by Crippen LogP contribution is 2.15. The van der Waals surface area contributed by atoms with Crippen LogP contribution in [0.2, 0.25) is 0 Å². The SMILES string of the molecule is CC(C)(C)OC(=O)N[C@@H]1CCCC1=O. The first kappa shape index (κ1) is 11.0. The van der Waals surface area contributed by atoms with E-state index in [1.54, 1.807) is 20.8 Å². The number of alkyl carbamates (subject to hydrolysis) is 1. The highest BCUT2D eigenvalue weighted by Gasteiger charge is 2.27. The summed E-state index contributed by atoms with van der Waals surface area (Å²) in [5.41, 5.74) is -0.508. The van der Waals surface area contributed by atoms with Crippen molar-refractivity contribution in [1.82, 2.24) is 5.32 Å². The van der Waals surface area contributed by atoms with Crippen LogP contribution in [0, 0.1) is 0 Å². The molecule has 0 radical (unpaired) electrons. The van der Waals surface area contributed by atoms with Gasteiger partial charge in [0, 0.05) is 6.42 Å². The van der Waals surface area contributed by atoms with E-state index in [0.29, 0.717) is 6.42 Å². The maximum absolute atomic E-state index is 11.3. The van der Waals surface area contributed by atoms with E-state index < -0.39 is 11.7 Å². The van der Waals surface area contributed by atoms with Crippen molar-refractivity contribution in [2.75, 3.05) is 0 Å². The van der Waals surface area contributed by atoms with Gasteiger partial charge in [-0.15, -0.1) is 0 Å². The van der Waals surface area contributed by atoms with Crippen molar-refractivity contribution in [3.8, 4) is 0 Å². The quantitative estimate of drug-likeness (QED) is 0.698. The van der Waals surface area contributed by atoms with Gasteiger partial charge in [0.15, 0.2) is 5.78 Å². The summed E-state index contributed by atoms with van der Waals surface area (Å²) in [7, 11) is 0. The van der Waals surface area contributed by atoms with Crippen molar-refractivity contribution >= 4 is 11.9 Å². The van der Waals surface area contributed by atoms with Gasteiger partial charge in [0.2, 0.25) is 0 Å². The Kier molecular flexibility index (Phi) is 3.13. The first-order valence-corrected chi connectivity index (χ1v) is 4.91. The van der Waals surface area contributed by atoms with Crippen LogP contribution in [0.25, 0.3) is 0 Å². The molecular weight excluding hydrogens is 182 g/mol. The predicted octanol–water partition coefficient (Wildman–Crippen LogP) is 1.63. The third-order valence-corrected chi connectivity index (χ3v) is 2.00. The van der Waals surface area contributed by atoms with Gasteiger partial charge in [0.05, 0.1) is 6.04 Å². The maximum atomic E-state index is 11.3. The summed E-state index contributed by atoms with van der Waals surface area (Å²) in [4.78, 5) is 22.5. The van der Waals surface area contributed by atoms with Gasteiger partial charge < -0.3 is 10.1 Å². The second-order valence-electron chi connectivity index (χ2n) is 4.56. The monoisotopic (exact) mass is 199 g/mol. The molecule has 0 aromatic heterocycles. The summed E-state index contributed by atoms with van der Waals surface area (Å²) in [6.07, 6.45) is 1.66. The normalized spacial score (nSPS) is 22.2. The minimum Gasteiger partial charge on any atom is -0.444 e. The molecule has 4 heteroatoms. The minimum absolute atomic E-state index is 0.107. The summed E-state index contributed by atoms with van der Waals surface area (Å²) in [5.74, 6) is 0.107. The summed E-state index contributed by atoms with van der Waals surface area (Å²) in [6, 6.07) is -0.329. The number of carbonyl (C=O) groups excluding carboxylic acids is 2. The second kappa shape index (κ2) is 3.98. The number of hydrogen-bond donors (Lipinski definition) is 1. The third-order valence-electron chi connectivity index (χ3n) is 2.00. The number of ether oxygens (including phenoxy) is 1. The van der Waals surface area contributed by atoms with E-state index >= 15 is 0 Å². The molecule has 1 saturated carbocycles. The molecule has 0 spiro atoms. The van der Waals surface area contributed by atoms with Crippen LogP contribution in [0.3, 0.4) is 0 Å². The van der Waals surface area contributed by atoms with Crippen LogP contribution in [0.15, 0.2) is 0 Å². The molecule has 4 nitrogen and oxygen atoms in total. The summed E-state index contributed by atoms with van der Waals surface area (Å²) in [5, 5.41) is 2.57. The Balaban J connectivity index is 2.37. The number of Topliss-reactive ketones (excluding diaryl/α,β-unsaturated/α-hetero) is 1. The zero-order valence-electron chi connectivity index (χ0n) is 8.92. The van der Waals surface area contributed by atoms with Crippen LogP contribution in [-0.2, 0) is 9.53 Å². The van der Waals surface area contributed by atoms with Crippen LogP contribution in [0.5, 0.6) is 0 Å². The first-order chi connectivity index (χ1) is 6.38. The Morgan fingerprint density at radius 3 is 2.57 bits per heavy atom. The Hall–Kier alpha value is -1.06. The number of nitrogens with one attached hydrogen (secondary N) is 1. The number of rotatable bonds is 1. The Labute approximate surface area is 84.0 Å². The molecule has 1 amide bonds. The van der Waals surface area contributed by atoms with Gasteiger partial charge in [-0.05, 0) is 33.6 Å². The highest BCUT2D eigenvalue weighted by molar-refractivity contribution is 5.89. The van der Waals surface area contributed by atoms with E-state index in [1.165, 1.54) is 0 Å². The molecule has 1 aliphatic rings. The fourth-order valence-corrected chi connectivity index (χ4v) is 1.42. The molecule has 0 bridgehead atoms. The fraction of sp³-hybridized carbons (Fsp3) is 0.800. The molecule has 1 N–H and O–H groups in total. The van der Waals surface area contributed by atoms with Gasteiger partial charge in [-0.1, -0.05) is 0 Å². The van der Waals surface area contributed by atoms with Crippen molar-refractivity contribution in [2.24, 2.45) is 0 Å². The van der Waals surface area contributed by atoms with Crippen LogP contribution >= 0.6 is 0 Å². The Morgan fingerprint density at radius 2 is 2.14 bits per heavy atom. The zero-order valence-corrected chi connectivity index (χ0v) is 8.92. The lowest BCUT2D eigenvalue weighted by atomic mass is 10.2. The molecule has 1 atom stereocenters. The summed E-state index contributed by atoms with van der Waals surface area (Å²) < 4.78 is 5.05. The van der Waals surface area contributed by atoms with Crippen molar-refractivity contribution in [3.63, 3.8) is 0 Å². The molecule has 1 fully saturated rings. The van der Waals surface area contributed by atoms with Gasteiger partial charge >= 0.3 is 6.09 Å². The van der Waals surface area contributed by atoms with Gasteiger partial charge in [-0.2, -0.15) is 0 Å². The fourth-order valence-electron chi connectivity index (χ4n) is 1.42.